The van der Waals surface area contributed by atoms with Crippen molar-refractivity contribution in [2.24, 2.45) is 11.3 Å². The third-order valence-corrected chi connectivity index (χ3v) is 11.5. The van der Waals surface area contributed by atoms with E-state index in [0.29, 0.717) is 10.5 Å². The Hall–Kier alpha value is -0.353. The fourth-order valence-electron chi connectivity index (χ4n) is 4.06. The summed E-state index contributed by atoms with van der Waals surface area (Å²) < 4.78 is 11.9. The summed E-state index contributed by atoms with van der Waals surface area (Å²) in [6.45, 7) is 14.1. The first-order chi connectivity index (χ1) is 11.0. The molecule has 4 heteroatoms. The van der Waals surface area contributed by atoms with Gasteiger partial charge < -0.3 is 9.16 Å². The summed E-state index contributed by atoms with van der Waals surface area (Å²) in [5.41, 5.74) is 0.532. The molecule has 0 amide bonds. The Morgan fingerprint density at radius 2 is 1.54 bits per heavy atom. The smallest absolute Gasteiger partial charge is 0.302 e. The second-order valence-electron chi connectivity index (χ2n) is 9.82. The summed E-state index contributed by atoms with van der Waals surface area (Å²) in [5.74, 6) is 0.623. The zero-order chi connectivity index (χ0) is 18.0. The van der Waals surface area contributed by atoms with Crippen LogP contribution in [0.2, 0.25) is 18.1 Å². The lowest BCUT2D eigenvalue weighted by Crippen LogP contribution is -2.43. The first-order valence-corrected chi connectivity index (χ1v) is 12.8. The molecule has 2 aliphatic rings. The molecule has 0 saturated heterocycles. The van der Waals surface area contributed by atoms with Crippen molar-refractivity contribution in [1.29, 1.82) is 0 Å². The maximum absolute atomic E-state index is 11.1. The molecule has 0 aromatic heterocycles. The van der Waals surface area contributed by atoms with Crippen molar-refractivity contribution in [3.63, 3.8) is 0 Å². The Bertz CT molecular complexity index is 421. The highest BCUT2D eigenvalue weighted by Crippen LogP contribution is 2.49. The van der Waals surface area contributed by atoms with Gasteiger partial charge >= 0.3 is 5.97 Å². The minimum atomic E-state index is -1.61. The van der Waals surface area contributed by atoms with Crippen LogP contribution >= 0.6 is 0 Å². The van der Waals surface area contributed by atoms with Gasteiger partial charge in [-0.25, -0.2) is 0 Å². The number of hydrogen-bond donors (Lipinski definition) is 0. The van der Waals surface area contributed by atoms with E-state index in [1.54, 1.807) is 0 Å². The number of carbonyl (C=O) groups excluding carboxylic acids is 1. The van der Waals surface area contributed by atoms with Gasteiger partial charge in [0, 0.05) is 13.5 Å². The van der Waals surface area contributed by atoms with Crippen molar-refractivity contribution in [2.45, 2.75) is 103 Å². The van der Waals surface area contributed by atoms with E-state index < -0.39 is 8.32 Å². The van der Waals surface area contributed by atoms with Crippen LogP contribution < -0.4 is 0 Å². The molecule has 0 radical (unpaired) electrons. The molecule has 2 rings (SSSR count). The van der Waals surface area contributed by atoms with E-state index in [1.807, 2.05) is 0 Å². The summed E-state index contributed by atoms with van der Waals surface area (Å²) in [6, 6.07) is 0. The van der Waals surface area contributed by atoms with Gasteiger partial charge in [-0.3, -0.25) is 4.79 Å². The molecule has 24 heavy (non-hydrogen) atoms. The Morgan fingerprint density at radius 1 is 1.04 bits per heavy atom. The average Bonchev–Trinajstić information content (AvgIpc) is 2.48. The summed E-state index contributed by atoms with van der Waals surface area (Å²) in [6.07, 6.45) is 10.1. The maximum Gasteiger partial charge on any atom is 0.302 e. The molecule has 3 nitrogen and oxygen atoms in total. The lowest BCUT2D eigenvalue weighted by atomic mass is 9.63. The molecule has 1 spiro atoms. The average molecular weight is 355 g/mol. The van der Waals surface area contributed by atoms with Gasteiger partial charge in [0.1, 0.15) is 6.10 Å². The molecule has 0 N–H and O–H groups in total. The molecule has 0 unspecified atom stereocenters. The van der Waals surface area contributed by atoms with Crippen LogP contribution in [0.25, 0.3) is 0 Å². The van der Waals surface area contributed by atoms with Gasteiger partial charge in [0.25, 0.3) is 0 Å². The quantitative estimate of drug-likeness (QED) is 0.480. The predicted octanol–water partition coefficient (Wildman–Crippen LogP) is 5.69. The van der Waals surface area contributed by atoms with E-state index >= 15 is 0 Å². The van der Waals surface area contributed by atoms with Crippen LogP contribution in [0.3, 0.4) is 0 Å². The molecule has 2 saturated carbocycles. The molecular weight excluding hydrogens is 316 g/mol. The lowest BCUT2D eigenvalue weighted by Gasteiger charge is -2.45. The second-order valence-corrected chi connectivity index (χ2v) is 14.6. The fraction of sp³-hybridized carbons (Fsp3) is 0.950. The van der Waals surface area contributed by atoms with Gasteiger partial charge in [-0.1, -0.05) is 20.8 Å². The van der Waals surface area contributed by atoms with Crippen molar-refractivity contribution in [1.82, 2.24) is 0 Å². The predicted molar refractivity (Wildman–Crippen MR) is 102 cm³/mol. The van der Waals surface area contributed by atoms with Gasteiger partial charge in [0.15, 0.2) is 8.32 Å². The molecule has 140 valence electrons. The van der Waals surface area contributed by atoms with Crippen LogP contribution in [0.1, 0.15) is 79.1 Å². The minimum Gasteiger partial charge on any atom is -0.463 e. The van der Waals surface area contributed by atoms with Crippen LogP contribution in [0, 0.1) is 11.3 Å². The van der Waals surface area contributed by atoms with Crippen molar-refractivity contribution in [2.75, 3.05) is 6.61 Å². The van der Waals surface area contributed by atoms with E-state index in [0.717, 1.165) is 25.4 Å². The van der Waals surface area contributed by atoms with Crippen LogP contribution in [-0.4, -0.2) is 27.0 Å². The molecule has 0 bridgehead atoms. The molecular formula is C20H38O3Si. The summed E-state index contributed by atoms with van der Waals surface area (Å²) in [4.78, 5) is 11.1. The molecule has 0 atom stereocenters. The number of ether oxygens (including phenoxy) is 1. The van der Waals surface area contributed by atoms with Gasteiger partial charge in [-0.05, 0) is 80.8 Å². The molecule has 0 aliphatic heterocycles. The van der Waals surface area contributed by atoms with Crippen LogP contribution in [0.4, 0.5) is 0 Å². The van der Waals surface area contributed by atoms with E-state index in [2.05, 4.69) is 33.9 Å². The maximum atomic E-state index is 11.1. The lowest BCUT2D eigenvalue weighted by molar-refractivity contribution is -0.149. The summed E-state index contributed by atoms with van der Waals surface area (Å²) in [7, 11) is -1.61. The monoisotopic (exact) mass is 354 g/mol. The van der Waals surface area contributed by atoms with Gasteiger partial charge in [0.05, 0.1) is 0 Å². The van der Waals surface area contributed by atoms with Gasteiger partial charge in [0.2, 0.25) is 0 Å². The number of esters is 1. The molecule has 0 aromatic rings. The number of rotatable bonds is 4. The van der Waals surface area contributed by atoms with Gasteiger partial charge in [-0.15, -0.1) is 0 Å². The van der Waals surface area contributed by atoms with E-state index in [4.69, 9.17) is 9.16 Å². The standard InChI is InChI=1S/C20H38O3Si/c1-16(21)23-18-9-13-20(14-10-18)11-7-17(8-12-20)15-22-24(5,6)19(2,3)4/h17-18H,7-15H2,1-6H3. The molecule has 0 aromatic carbocycles. The molecule has 2 aliphatic carbocycles. The SMILES string of the molecule is CC(=O)OC1CCC2(CCC(CO[Si](C)(C)C(C)(C)C)CC2)CC1. The summed E-state index contributed by atoms with van der Waals surface area (Å²) in [5, 5.41) is 0.304. The Kier molecular flexibility index (Phi) is 6.23. The zero-order valence-corrected chi connectivity index (χ0v) is 17.7. The third-order valence-electron chi connectivity index (χ3n) is 6.98. The Balaban J connectivity index is 1.75. The minimum absolute atomic E-state index is 0.123. The topological polar surface area (TPSA) is 35.5 Å². The third kappa shape index (κ3) is 5.07. The first kappa shape index (κ1) is 20.0. The zero-order valence-electron chi connectivity index (χ0n) is 16.7. The Labute approximate surface area is 150 Å². The highest BCUT2D eigenvalue weighted by atomic mass is 28.4. The van der Waals surface area contributed by atoms with Gasteiger partial charge in [-0.2, -0.15) is 0 Å². The van der Waals surface area contributed by atoms with Crippen LogP contribution in [0.15, 0.2) is 0 Å². The highest BCUT2D eigenvalue weighted by molar-refractivity contribution is 6.74. The number of carbonyl (C=O) groups is 1. The Morgan fingerprint density at radius 3 is 2.00 bits per heavy atom. The van der Waals surface area contributed by atoms with Crippen LogP contribution in [0.5, 0.6) is 0 Å². The van der Waals surface area contributed by atoms with Crippen molar-refractivity contribution in [3.05, 3.63) is 0 Å². The second kappa shape index (κ2) is 7.49. The van der Waals surface area contributed by atoms with Crippen molar-refractivity contribution in [3.8, 4) is 0 Å². The largest absolute Gasteiger partial charge is 0.463 e. The van der Waals surface area contributed by atoms with Crippen molar-refractivity contribution >= 4 is 14.3 Å². The molecule has 2 fully saturated rings. The summed E-state index contributed by atoms with van der Waals surface area (Å²) >= 11 is 0. The van der Waals surface area contributed by atoms with E-state index in [9.17, 15) is 4.79 Å². The number of hydrogen-bond acceptors (Lipinski definition) is 3. The normalized spacial score (nSPS) is 31.9. The molecule has 0 heterocycles. The highest BCUT2D eigenvalue weighted by Gasteiger charge is 2.41. The van der Waals surface area contributed by atoms with E-state index in [1.165, 1.54) is 45.4 Å². The first-order valence-electron chi connectivity index (χ1n) is 9.84. The van der Waals surface area contributed by atoms with Crippen LogP contribution in [-0.2, 0) is 14.0 Å². The van der Waals surface area contributed by atoms with Crippen molar-refractivity contribution < 1.29 is 14.0 Å². The fourth-order valence-corrected chi connectivity index (χ4v) is 5.14. The van der Waals surface area contributed by atoms with E-state index in [-0.39, 0.29) is 12.1 Å².